The number of benzene rings is 1. The summed E-state index contributed by atoms with van der Waals surface area (Å²) in [5.41, 5.74) is 2.19. The van der Waals surface area contributed by atoms with Crippen LogP contribution in [0.5, 0.6) is 5.75 Å². The van der Waals surface area contributed by atoms with E-state index in [1.165, 1.54) is 0 Å². The summed E-state index contributed by atoms with van der Waals surface area (Å²) in [4.78, 5) is 24.3. The Hall–Kier alpha value is -3.09. The zero-order chi connectivity index (χ0) is 18.1. The monoisotopic (exact) mass is 351 g/mol. The third kappa shape index (κ3) is 3.08. The molecule has 1 aliphatic heterocycles. The molecule has 0 amide bonds. The second-order valence-electron chi connectivity index (χ2n) is 6.61. The van der Waals surface area contributed by atoms with Gasteiger partial charge in [0.1, 0.15) is 18.2 Å². The van der Waals surface area contributed by atoms with Crippen LogP contribution in [0.25, 0.3) is 0 Å². The van der Waals surface area contributed by atoms with Crippen molar-refractivity contribution in [2.75, 3.05) is 5.32 Å². The molecule has 1 aromatic carbocycles. The molecule has 134 valence electrons. The van der Waals surface area contributed by atoms with Crippen LogP contribution in [-0.2, 0) is 19.6 Å². The summed E-state index contributed by atoms with van der Waals surface area (Å²) in [6.07, 6.45) is 4.24. The lowest BCUT2D eigenvalue weighted by Gasteiger charge is -2.13. The summed E-state index contributed by atoms with van der Waals surface area (Å²) in [6, 6.07) is 8.08. The van der Waals surface area contributed by atoms with Gasteiger partial charge in [-0.15, -0.1) is 0 Å². The van der Waals surface area contributed by atoms with E-state index in [9.17, 15) is 4.79 Å². The largest absolute Gasteiger partial charge is 0.487 e. The molecule has 2 N–H and O–H groups in total. The number of fused-ring (bicyclic) bond motifs is 2. The zero-order valence-corrected chi connectivity index (χ0v) is 14.8. The quantitative estimate of drug-likeness (QED) is 0.755. The summed E-state index contributed by atoms with van der Waals surface area (Å²) >= 11 is 0. The minimum Gasteiger partial charge on any atom is -0.487 e. The Morgan fingerprint density at radius 2 is 2.19 bits per heavy atom. The minimum absolute atomic E-state index is 0.134. The van der Waals surface area contributed by atoms with Crippen molar-refractivity contribution in [2.45, 2.75) is 39.5 Å². The molecule has 26 heavy (non-hydrogen) atoms. The van der Waals surface area contributed by atoms with Crippen molar-refractivity contribution in [3.8, 4) is 5.75 Å². The van der Waals surface area contributed by atoms with Crippen LogP contribution in [-0.4, -0.2) is 19.5 Å². The molecule has 7 nitrogen and oxygen atoms in total. The Labute approximate surface area is 151 Å². The summed E-state index contributed by atoms with van der Waals surface area (Å²) in [5, 5.41) is 3.17. The molecule has 1 aliphatic rings. The third-order valence-corrected chi connectivity index (χ3v) is 4.52. The number of nitrogens with one attached hydrogen (secondary N) is 2. The average molecular weight is 351 g/mol. The molecule has 0 aliphatic carbocycles. The van der Waals surface area contributed by atoms with Gasteiger partial charge in [-0.1, -0.05) is 18.2 Å². The Morgan fingerprint density at radius 1 is 1.35 bits per heavy atom. The van der Waals surface area contributed by atoms with Crippen molar-refractivity contribution in [1.82, 2.24) is 19.5 Å². The topological polar surface area (TPSA) is 84.8 Å². The van der Waals surface area contributed by atoms with Gasteiger partial charge in [0.05, 0.1) is 12.2 Å². The van der Waals surface area contributed by atoms with Crippen molar-refractivity contribution in [1.29, 1.82) is 0 Å². The summed E-state index contributed by atoms with van der Waals surface area (Å²) in [5.74, 6) is 2.13. The molecule has 4 rings (SSSR count). The standard InChI is InChI=1S/C19H21N5O2/c1-12(2)24-8-7-20-17(24)10-21-19-22-15-11-26-16-6-4-3-5-13(16)9-14(15)18(25)23-19/h3-8,12H,9-11H2,1-2H3,(H2,21,22,23,25). The molecular formula is C19H21N5O2. The summed E-state index contributed by atoms with van der Waals surface area (Å²) in [7, 11) is 0. The molecule has 7 heteroatoms. The molecule has 0 spiro atoms. The van der Waals surface area contributed by atoms with Gasteiger partial charge in [-0.2, -0.15) is 0 Å². The molecule has 0 atom stereocenters. The average Bonchev–Trinajstić information content (AvgIpc) is 3.02. The highest BCUT2D eigenvalue weighted by molar-refractivity contribution is 5.41. The number of nitrogens with zero attached hydrogens (tertiary/aromatic N) is 3. The van der Waals surface area contributed by atoms with Crippen LogP contribution < -0.4 is 15.6 Å². The van der Waals surface area contributed by atoms with Crippen LogP contribution >= 0.6 is 0 Å². The minimum atomic E-state index is -0.134. The van der Waals surface area contributed by atoms with Gasteiger partial charge in [0, 0.05) is 30.4 Å². The first kappa shape index (κ1) is 16.4. The predicted octanol–water partition coefficient (Wildman–Crippen LogP) is 2.64. The SMILES string of the molecule is CC(C)n1ccnc1CNc1nc2c(c(=O)[nH]1)Cc1ccccc1OC2. The molecule has 0 fully saturated rings. The molecule has 3 aromatic rings. The fraction of sp³-hybridized carbons (Fsp3) is 0.316. The number of H-pyrrole nitrogens is 1. The molecule has 2 aromatic heterocycles. The number of para-hydroxylation sites is 1. The van der Waals surface area contributed by atoms with E-state index in [-0.39, 0.29) is 12.2 Å². The maximum atomic E-state index is 12.6. The number of aromatic nitrogens is 4. The van der Waals surface area contributed by atoms with Crippen molar-refractivity contribution >= 4 is 5.95 Å². The van der Waals surface area contributed by atoms with Gasteiger partial charge in [-0.3, -0.25) is 9.78 Å². The van der Waals surface area contributed by atoms with Gasteiger partial charge >= 0.3 is 0 Å². The Kier molecular flexibility index (Phi) is 4.20. The van der Waals surface area contributed by atoms with Crippen molar-refractivity contribution in [2.24, 2.45) is 0 Å². The first-order chi connectivity index (χ1) is 12.6. The molecule has 0 saturated heterocycles. The van der Waals surface area contributed by atoms with Crippen LogP contribution in [0.1, 0.15) is 42.5 Å². The zero-order valence-electron chi connectivity index (χ0n) is 14.8. The highest BCUT2D eigenvalue weighted by Gasteiger charge is 2.19. The van der Waals surface area contributed by atoms with Gasteiger partial charge in [0.2, 0.25) is 5.95 Å². The first-order valence-electron chi connectivity index (χ1n) is 8.70. The maximum Gasteiger partial charge on any atom is 0.256 e. The second kappa shape index (κ2) is 6.67. The Bertz CT molecular complexity index is 990. The van der Waals surface area contributed by atoms with Gasteiger partial charge in [-0.25, -0.2) is 9.97 Å². The van der Waals surface area contributed by atoms with E-state index in [4.69, 9.17) is 4.74 Å². The molecule has 0 unspecified atom stereocenters. The number of rotatable bonds is 4. The number of hydrogen-bond acceptors (Lipinski definition) is 5. The van der Waals surface area contributed by atoms with Gasteiger partial charge < -0.3 is 14.6 Å². The fourth-order valence-electron chi connectivity index (χ4n) is 3.17. The highest BCUT2D eigenvalue weighted by Crippen LogP contribution is 2.26. The molecule has 3 heterocycles. The van der Waals surface area contributed by atoms with E-state index < -0.39 is 0 Å². The maximum absolute atomic E-state index is 12.6. The number of aromatic amines is 1. The lowest BCUT2D eigenvalue weighted by atomic mass is 10.1. The molecular weight excluding hydrogens is 330 g/mol. The van der Waals surface area contributed by atoms with Gasteiger partial charge in [-0.05, 0) is 25.5 Å². The van der Waals surface area contributed by atoms with E-state index >= 15 is 0 Å². The smallest absolute Gasteiger partial charge is 0.256 e. The highest BCUT2D eigenvalue weighted by atomic mass is 16.5. The van der Waals surface area contributed by atoms with Crippen LogP contribution in [0, 0.1) is 0 Å². The van der Waals surface area contributed by atoms with Gasteiger partial charge in [0.25, 0.3) is 5.56 Å². The second-order valence-corrected chi connectivity index (χ2v) is 6.61. The molecule has 0 bridgehead atoms. The van der Waals surface area contributed by atoms with E-state index in [2.05, 4.69) is 38.7 Å². The Balaban J connectivity index is 1.58. The normalized spacial score (nSPS) is 12.9. The Morgan fingerprint density at radius 3 is 3.04 bits per heavy atom. The lowest BCUT2D eigenvalue weighted by Crippen LogP contribution is -2.21. The number of imidazole rings is 1. The van der Waals surface area contributed by atoms with Gasteiger partial charge in [0.15, 0.2) is 0 Å². The van der Waals surface area contributed by atoms with Crippen LogP contribution in [0.3, 0.4) is 0 Å². The van der Waals surface area contributed by atoms with E-state index in [1.807, 2.05) is 30.5 Å². The van der Waals surface area contributed by atoms with Crippen LogP contribution in [0.2, 0.25) is 0 Å². The van der Waals surface area contributed by atoms with E-state index in [0.29, 0.717) is 36.2 Å². The molecule has 0 radical (unpaired) electrons. The predicted molar refractivity (Wildman–Crippen MR) is 98.4 cm³/mol. The van der Waals surface area contributed by atoms with Crippen molar-refractivity contribution < 1.29 is 4.74 Å². The summed E-state index contributed by atoms with van der Waals surface area (Å²) < 4.78 is 7.90. The number of ether oxygens (including phenoxy) is 1. The number of anilines is 1. The summed E-state index contributed by atoms with van der Waals surface area (Å²) in [6.45, 7) is 4.96. The van der Waals surface area contributed by atoms with Crippen LogP contribution in [0.4, 0.5) is 5.95 Å². The number of hydrogen-bond donors (Lipinski definition) is 2. The van der Waals surface area contributed by atoms with Crippen LogP contribution in [0.15, 0.2) is 41.5 Å². The first-order valence-corrected chi connectivity index (χ1v) is 8.70. The fourth-order valence-corrected chi connectivity index (χ4v) is 3.17. The van der Waals surface area contributed by atoms with E-state index in [0.717, 1.165) is 17.1 Å². The van der Waals surface area contributed by atoms with Crippen molar-refractivity contribution in [3.05, 3.63) is 69.7 Å². The lowest BCUT2D eigenvalue weighted by molar-refractivity contribution is 0.302. The van der Waals surface area contributed by atoms with Crippen molar-refractivity contribution in [3.63, 3.8) is 0 Å². The molecule has 0 saturated carbocycles. The van der Waals surface area contributed by atoms with E-state index in [1.54, 1.807) is 6.20 Å². The third-order valence-electron chi connectivity index (χ3n) is 4.52.